The number of hydrogen-bond donors (Lipinski definition) is 0. The third-order valence-corrected chi connectivity index (χ3v) is 5.80. The number of carbonyl (C=O) groups excluding carboxylic acids is 2. The minimum absolute atomic E-state index is 0.00529. The Morgan fingerprint density at radius 1 is 1.13 bits per heavy atom. The van der Waals surface area contributed by atoms with Gasteiger partial charge in [0.2, 0.25) is 0 Å². The fourth-order valence-corrected chi connectivity index (χ4v) is 4.48. The second kappa shape index (κ2) is 6.64. The molecule has 0 saturated carbocycles. The summed E-state index contributed by atoms with van der Waals surface area (Å²) in [6.45, 7) is 2.03. The predicted octanol–water partition coefficient (Wildman–Crippen LogP) is 5.07. The molecule has 0 bridgehead atoms. The average molecular weight is 344 g/mol. The van der Waals surface area contributed by atoms with Gasteiger partial charge in [0.15, 0.2) is 5.78 Å². The van der Waals surface area contributed by atoms with Gasteiger partial charge in [-0.2, -0.15) is 0 Å². The lowest BCUT2D eigenvalue weighted by molar-refractivity contribution is -0.140. The van der Waals surface area contributed by atoms with Gasteiger partial charge in [0.1, 0.15) is 0 Å². The summed E-state index contributed by atoms with van der Waals surface area (Å²) >= 11 is 3.20. The van der Waals surface area contributed by atoms with E-state index in [1.54, 1.807) is 11.3 Å². The van der Waals surface area contributed by atoms with Gasteiger partial charge in [-0.3, -0.25) is 9.59 Å². The molecule has 0 aliphatic rings. The molecule has 2 aromatic heterocycles. The first kappa shape index (κ1) is 15.9. The molecule has 23 heavy (non-hydrogen) atoms. The topological polar surface area (TPSA) is 43.4 Å². The summed E-state index contributed by atoms with van der Waals surface area (Å²) in [6.07, 6.45) is 0.319. The van der Waals surface area contributed by atoms with Crippen LogP contribution < -0.4 is 0 Å². The molecule has 0 fully saturated rings. The average Bonchev–Trinajstić information content (AvgIpc) is 3.15. The number of thiophene rings is 2. The van der Waals surface area contributed by atoms with Gasteiger partial charge in [0.05, 0.1) is 18.4 Å². The van der Waals surface area contributed by atoms with Crippen LogP contribution in [0.1, 0.15) is 27.4 Å². The lowest BCUT2D eigenvalue weighted by atomic mass is 10.0. The van der Waals surface area contributed by atoms with Gasteiger partial charge in [-0.25, -0.2) is 0 Å². The highest BCUT2D eigenvalue weighted by molar-refractivity contribution is 7.18. The summed E-state index contributed by atoms with van der Waals surface area (Å²) in [5, 5.41) is 3.36. The van der Waals surface area contributed by atoms with E-state index in [9.17, 15) is 9.59 Å². The van der Waals surface area contributed by atoms with Crippen LogP contribution in [0.15, 0.2) is 35.7 Å². The van der Waals surface area contributed by atoms with Gasteiger partial charge in [0.25, 0.3) is 0 Å². The number of fused-ring (bicyclic) bond motifs is 1. The van der Waals surface area contributed by atoms with E-state index in [0.29, 0.717) is 4.88 Å². The summed E-state index contributed by atoms with van der Waals surface area (Å²) in [6, 6.07) is 10.2. The molecule has 3 nitrogen and oxygen atoms in total. The molecule has 118 valence electrons. The number of ketones is 1. The third kappa shape index (κ3) is 3.21. The molecule has 0 spiro atoms. The lowest BCUT2D eigenvalue weighted by Crippen LogP contribution is -2.04. The normalized spacial score (nSPS) is 10.9. The quantitative estimate of drug-likeness (QED) is 0.479. The Morgan fingerprint density at radius 2 is 1.91 bits per heavy atom. The van der Waals surface area contributed by atoms with Gasteiger partial charge in [-0.15, -0.1) is 22.7 Å². The summed E-state index contributed by atoms with van der Waals surface area (Å²) in [5.41, 5.74) is 2.28. The molecule has 0 aliphatic heterocycles. The van der Waals surface area contributed by atoms with Crippen molar-refractivity contribution in [3.05, 3.63) is 45.5 Å². The van der Waals surface area contributed by atoms with Crippen LogP contribution in [0.4, 0.5) is 0 Å². The molecule has 0 atom stereocenters. The number of methoxy groups -OCH3 is 1. The number of esters is 1. The van der Waals surface area contributed by atoms with Gasteiger partial charge < -0.3 is 4.74 Å². The van der Waals surface area contributed by atoms with E-state index in [0.717, 1.165) is 10.4 Å². The zero-order valence-electron chi connectivity index (χ0n) is 12.9. The maximum absolute atomic E-state index is 12.3. The zero-order chi connectivity index (χ0) is 16.4. The highest BCUT2D eigenvalue weighted by Crippen LogP contribution is 2.38. The van der Waals surface area contributed by atoms with Crippen LogP contribution in [0, 0.1) is 6.92 Å². The van der Waals surface area contributed by atoms with Crippen LogP contribution in [-0.4, -0.2) is 18.9 Å². The smallest absolute Gasteiger partial charge is 0.305 e. The number of aryl methyl sites for hydroxylation is 1. The molecule has 3 rings (SSSR count). The first-order chi connectivity index (χ1) is 11.1. The zero-order valence-corrected chi connectivity index (χ0v) is 14.6. The predicted molar refractivity (Wildman–Crippen MR) is 95.5 cm³/mol. The van der Waals surface area contributed by atoms with Crippen LogP contribution >= 0.6 is 22.7 Å². The molecule has 5 heteroatoms. The van der Waals surface area contributed by atoms with Crippen molar-refractivity contribution in [1.29, 1.82) is 0 Å². The Labute approximate surface area is 142 Å². The molecule has 0 N–H and O–H groups in total. The van der Waals surface area contributed by atoms with Gasteiger partial charge in [0, 0.05) is 26.9 Å². The summed E-state index contributed by atoms with van der Waals surface area (Å²) in [5.74, 6) is -0.357. The minimum atomic E-state index is -0.351. The van der Waals surface area contributed by atoms with Crippen molar-refractivity contribution in [3.63, 3.8) is 0 Å². The maximum atomic E-state index is 12.3. The Kier molecular flexibility index (Phi) is 4.59. The minimum Gasteiger partial charge on any atom is -0.469 e. The van der Waals surface area contributed by atoms with Crippen molar-refractivity contribution in [2.75, 3.05) is 7.11 Å². The molecule has 0 amide bonds. The van der Waals surface area contributed by atoms with Crippen molar-refractivity contribution in [1.82, 2.24) is 0 Å². The van der Waals surface area contributed by atoms with Crippen LogP contribution in [0.25, 0.3) is 21.2 Å². The fraction of sp³-hybridized carbons (Fsp3) is 0.222. The Balaban J connectivity index is 1.89. The molecule has 1 aromatic carbocycles. The van der Waals surface area contributed by atoms with Gasteiger partial charge >= 0.3 is 5.97 Å². The summed E-state index contributed by atoms with van der Waals surface area (Å²) in [7, 11) is 1.34. The molecule has 2 heterocycles. The number of rotatable bonds is 5. The second-order valence-corrected chi connectivity index (χ2v) is 7.39. The van der Waals surface area contributed by atoms with Crippen molar-refractivity contribution >= 4 is 44.5 Å². The van der Waals surface area contributed by atoms with Crippen molar-refractivity contribution < 1.29 is 14.3 Å². The highest BCUT2D eigenvalue weighted by atomic mass is 32.1. The number of hydrogen-bond acceptors (Lipinski definition) is 5. The van der Waals surface area contributed by atoms with E-state index >= 15 is 0 Å². The third-order valence-electron chi connectivity index (χ3n) is 3.75. The van der Waals surface area contributed by atoms with Crippen molar-refractivity contribution in [2.45, 2.75) is 19.8 Å². The van der Waals surface area contributed by atoms with Crippen molar-refractivity contribution in [2.24, 2.45) is 0 Å². The van der Waals surface area contributed by atoms with Crippen LogP contribution in [0.5, 0.6) is 0 Å². The molecule has 0 radical (unpaired) electrons. The SMILES string of the molecule is COC(=O)CCC(=O)c1cc(-c2csc3ccccc23)c(C)s1. The molecule has 0 aliphatic carbocycles. The van der Waals surface area contributed by atoms with E-state index in [1.807, 2.05) is 25.1 Å². The summed E-state index contributed by atoms with van der Waals surface area (Å²) < 4.78 is 5.83. The second-order valence-electron chi connectivity index (χ2n) is 5.23. The molecular weight excluding hydrogens is 328 g/mol. The maximum Gasteiger partial charge on any atom is 0.305 e. The molecular formula is C18H16O3S2. The van der Waals surface area contributed by atoms with E-state index in [1.165, 1.54) is 34.1 Å². The first-order valence-corrected chi connectivity index (χ1v) is 8.97. The van der Waals surface area contributed by atoms with Gasteiger partial charge in [-0.05, 0) is 30.0 Å². The van der Waals surface area contributed by atoms with E-state index in [2.05, 4.69) is 22.2 Å². The summed E-state index contributed by atoms with van der Waals surface area (Å²) in [4.78, 5) is 25.3. The largest absolute Gasteiger partial charge is 0.469 e. The van der Waals surface area contributed by atoms with Crippen LogP contribution in [0.2, 0.25) is 0 Å². The van der Waals surface area contributed by atoms with Gasteiger partial charge in [-0.1, -0.05) is 18.2 Å². The number of benzene rings is 1. The fourth-order valence-electron chi connectivity index (χ4n) is 2.51. The number of carbonyl (C=O) groups is 2. The Morgan fingerprint density at radius 3 is 2.70 bits per heavy atom. The Hall–Kier alpha value is -1.98. The molecule has 0 saturated heterocycles. The monoisotopic (exact) mass is 344 g/mol. The Bertz CT molecular complexity index is 873. The number of ether oxygens (including phenoxy) is 1. The number of Topliss-reactive ketones (excluding diaryl/α,β-unsaturated/α-hetero) is 1. The van der Waals surface area contributed by atoms with E-state index < -0.39 is 0 Å². The standard InChI is InChI=1S/C18H16O3S2/c1-11-13(14-10-22-16-6-4-3-5-12(14)16)9-17(23-11)15(19)7-8-18(20)21-2/h3-6,9-10H,7-8H2,1-2H3. The van der Waals surface area contributed by atoms with Crippen molar-refractivity contribution in [3.8, 4) is 11.1 Å². The van der Waals surface area contributed by atoms with Crippen LogP contribution in [-0.2, 0) is 9.53 Å². The molecule has 3 aromatic rings. The van der Waals surface area contributed by atoms with E-state index in [-0.39, 0.29) is 24.6 Å². The highest BCUT2D eigenvalue weighted by Gasteiger charge is 2.17. The van der Waals surface area contributed by atoms with E-state index in [4.69, 9.17) is 0 Å². The van der Waals surface area contributed by atoms with Crippen LogP contribution in [0.3, 0.4) is 0 Å². The lowest BCUT2D eigenvalue weighted by Gasteiger charge is -1.98. The first-order valence-electron chi connectivity index (χ1n) is 7.27. The molecule has 0 unspecified atom stereocenters.